The van der Waals surface area contributed by atoms with E-state index in [4.69, 9.17) is 0 Å². The Balaban J connectivity index is 1.90. The Hall–Kier alpha value is -2.55. The first kappa shape index (κ1) is 11.5. The van der Waals surface area contributed by atoms with Gasteiger partial charge in [-0.1, -0.05) is 48.5 Å². The van der Waals surface area contributed by atoms with Crippen LogP contribution in [0, 0.1) is 0 Å². The van der Waals surface area contributed by atoms with E-state index in [1.807, 2.05) is 60.3 Å². The molecule has 3 nitrogen and oxygen atoms in total. The molecule has 0 amide bonds. The van der Waals surface area contributed by atoms with E-state index in [0.717, 1.165) is 22.8 Å². The van der Waals surface area contributed by atoms with Gasteiger partial charge in [0.15, 0.2) is 0 Å². The molecule has 19 heavy (non-hydrogen) atoms. The third kappa shape index (κ3) is 2.50. The van der Waals surface area contributed by atoms with Crippen LogP contribution in [0.25, 0.3) is 11.3 Å². The highest BCUT2D eigenvalue weighted by Gasteiger charge is 2.06. The molecule has 0 saturated heterocycles. The quantitative estimate of drug-likeness (QED) is 0.764. The standard InChI is InChI=1S/C16H15N3/c1-19-16(17-14-10-6-3-7-11-14)12-15(18-19)13-8-4-2-5-9-13/h2-12,17H,1H3. The molecule has 0 spiro atoms. The van der Waals surface area contributed by atoms with E-state index in [1.54, 1.807) is 0 Å². The summed E-state index contributed by atoms with van der Waals surface area (Å²) < 4.78 is 1.86. The third-order valence-electron chi connectivity index (χ3n) is 3.00. The van der Waals surface area contributed by atoms with E-state index >= 15 is 0 Å². The van der Waals surface area contributed by atoms with Crippen molar-refractivity contribution < 1.29 is 0 Å². The SMILES string of the molecule is Cn1nc(-c2ccccc2)cc1Nc1ccccc1. The van der Waals surface area contributed by atoms with Crippen molar-refractivity contribution in [2.75, 3.05) is 5.32 Å². The zero-order valence-electron chi connectivity index (χ0n) is 10.7. The lowest BCUT2D eigenvalue weighted by molar-refractivity contribution is 0.780. The normalized spacial score (nSPS) is 10.4. The lowest BCUT2D eigenvalue weighted by atomic mass is 10.1. The maximum atomic E-state index is 4.53. The Morgan fingerprint density at radius 3 is 2.21 bits per heavy atom. The van der Waals surface area contributed by atoms with E-state index in [-0.39, 0.29) is 0 Å². The highest BCUT2D eigenvalue weighted by atomic mass is 15.3. The van der Waals surface area contributed by atoms with E-state index in [0.29, 0.717) is 0 Å². The molecule has 0 aliphatic heterocycles. The second-order valence-electron chi connectivity index (χ2n) is 4.40. The van der Waals surface area contributed by atoms with Crippen molar-refractivity contribution in [2.24, 2.45) is 7.05 Å². The van der Waals surface area contributed by atoms with Crippen LogP contribution in [0.1, 0.15) is 0 Å². The van der Waals surface area contributed by atoms with Crippen LogP contribution in [0.15, 0.2) is 66.7 Å². The Morgan fingerprint density at radius 1 is 0.895 bits per heavy atom. The summed E-state index contributed by atoms with van der Waals surface area (Å²) in [5.74, 6) is 0.977. The molecule has 3 heteroatoms. The summed E-state index contributed by atoms with van der Waals surface area (Å²) in [6, 6.07) is 22.3. The molecule has 3 aromatic rings. The Bertz CT molecular complexity index is 657. The van der Waals surface area contributed by atoms with Crippen molar-refractivity contribution in [3.05, 3.63) is 66.7 Å². The summed E-state index contributed by atoms with van der Waals surface area (Å²) in [4.78, 5) is 0. The van der Waals surface area contributed by atoms with Crippen LogP contribution in [-0.2, 0) is 7.05 Å². The van der Waals surface area contributed by atoms with Gasteiger partial charge in [0, 0.05) is 24.4 Å². The minimum atomic E-state index is 0.974. The van der Waals surface area contributed by atoms with Crippen molar-refractivity contribution in [1.29, 1.82) is 0 Å². The second kappa shape index (κ2) is 4.98. The van der Waals surface area contributed by atoms with E-state index in [2.05, 4.69) is 28.6 Å². The fourth-order valence-electron chi connectivity index (χ4n) is 2.00. The minimum Gasteiger partial charge on any atom is -0.340 e. The molecule has 0 saturated carbocycles. The molecule has 0 unspecified atom stereocenters. The molecule has 94 valence electrons. The van der Waals surface area contributed by atoms with Crippen molar-refractivity contribution in [1.82, 2.24) is 9.78 Å². The monoisotopic (exact) mass is 249 g/mol. The summed E-state index contributed by atoms with van der Waals surface area (Å²) in [5, 5.41) is 7.89. The van der Waals surface area contributed by atoms with Gasteiger partial charge in [-0.2, -0.15) is 5.10 Å². The molecule has 0 radical (unpaired) electrons. The third-order valence-corrected chi connectivity index (χ3v) is 3.00. The minimum absolute atomic E-state index is 0.974. The summed E-state index contributed by atoms with van der Waals surface area (Å²) in [7, 11) is 1.94. The highest BCUT2D eigenvalue weighted by Crippen LogP contribution is 2.23. The number of nitrogens with one attached hydrogen (secondary N) is 1. The molecule has 1 N–H and O–H groups in total. The summed E-state index contributed by atoms with van der Waals surface area (Å²) in [6.07, 6.45) is 0. The Morgan fingerprint density at radius 2 is 1.53 bits per heavy atom. The fraction of sp³-hybridized carbons (Fsp3) is 0.0625. The number of nitrogens with zero attached hydrogens (tertiary/aromatic N) is 2. The van der Waals surface area contributed by atoms with Gasteiger partial charge in [0.05, 0.1) is 5.69 Å². The topological polar surface area (TPSA) is 29.9 Å². The number of anilines is 2. The first-order valence-corrected chi connectivity index (χ1v) is 6.24. The number of aryl methyl sites for hydroxylation is 1. The van der Waals surface area contributed by atoms with Crippen LogP contribution >= 0.6 is 0 Å². The van der Waals surface area contributed by atoms with Crippen molar-refractivity contribution in [2.45, 2.75) is 0 Å². The van der Waals surface area contributed by atoms with Gasteiger partial charge in [-0.3, -0.25) is 4.68 Å². The molecule has 0 aliphatic rings. The molecular formula is C16H15N3. The zero-order chi connectivity index (χ0) is 13.1. The lowest BCUT2D eigenvalue weighted by Gasteiger charge is -2.04. The van der Waals surface area contributed by atoms with Gasteiger partial charge in [-0.05, 0) is 12.1 Å². The smallest absolute Gasteiger partial charge is 0.128 e. The summed E-state index contributed by atoms with van der Waals surface area (Å²) in [6.45, 7) is 0. The van der Waals surface area contributed by atoms with E-state index in [9.17, 15) is 0 Å². The van der Waals surface area contributed by atoms with Gasteiger partial charge in [0.25, 0.3) is 0 Å². The summed E-state index contributed by atoms with van der Waals surface area (Å²) in [5.41, 5.74) is 3.16. The Labute approximate surface area is 112 Å². The van der Waals surface area contributed by atoms with Crippen molar-refractivity contribution >= 4 is 11.5 Å². The average Bonchev–Trinajstić information content (AvgIpc) is 2.82. The Kier molecular flexibility index (Phi) is 3.02. The van der Waals surface area contributed by atoms with Gasteiger partial charge in [0.2, 0.25) is 0 Å². The van der Waals surface area contributed by atoms with Gasteiger partial charge in [-0.15, -0.1) is 0 Å². The van der Waals surface area contributed by atoms with Crippen LogP contribution in [0.2, 0.25) is 0 Å². The number of aromatic nitrogens is 2. The maximum absolute atomic E-state index is 4.53. The van der Waals surface area contributed by atoms with Crippen LogP contribution in [-0.4, -0.2) is 9.78 Å². The first-order chi connectivity index (χ1) is 9.33. The number of hydrogen-bond donors (Lipinski definition) is 1. The highest BCUT2D eigenvalue weighted by molar-refractivity contribution is 5.66. The lowest BCUT2D eigenvalue weighted by Crippen LogP contribution is -1.98. The molecule has 0 bridgehead atoms. The molecule has 1 heterocycles. The second-order valence-corrected chi connectivity index (χ2v) is 4.40. The molecule has 0 atom stereocenters. The molecular weight excluding hydrogens is 234 g/mol. The number of hydrogen-bond acceptors (Lipinski definition) is 2. The predicted octanol–water partition coefficient (Wildman–Crippen LogP) is 3.83. The summed E-state index contributed by atoms with van der Waals surface area (Å²) >= 11 is 0. The number of benzene rings is 2. The van der Waals surface area contributed by atoms with Crippen LogP contribution in [0.3, 0.4) is 0 Å². The van der Waals surface area contributed by atoms with Gasteiger partial charge >= 0.3 is 0 Å². The van der Waals surface area contributed by atoms with Gasteiger partial charge < -0.3 is 5.32 Å². The van der Waals surface area contributed by atoms with Gasteiger partial charge in [-0.25, -0.2) is 0 Å². The molecule has 1 aromatic heterocycles. The van der Waals surface area contributed by atoms with E-state index in [1.165, 1.54) is 0 Å². The molecule has 3 rings (SSSR count). The first-order valence-electron chi connectivity index (χ1n) is 6.24. The van der Waals surface area contributed by atoms with Crippen LogP contribution < -0.4 is 5.32 Å². The van der Waals surface area contributed by atoms with Crippen LogP contribution in [0.5, 0.6) is 0 Å². The van der Waals surface area contributed by atoms with Crippen molar-refractivity contribution in [3.63, 3.8) is 0 Å². The van der Waals surface area contributed by atoms with Gasteiger partial charge in [0.1, 0.15) is 5.82 Å². The predicted molar refractivity (Wildman–Crippen MR) is 78.4 cm³/mol. The average molecular weight is 249 g/mol. The largest absolute Gasteiger partial charge is 0.340 e. The number of rotatable bonds is 3. The molecule has 0 aliphatic carbocycles. The van der Waals surface area contributed by atoms with Crippen molar-refractivity contribution in [3.8, 4) is 11.3 Å². The molecule has 0 fully saturated rings. The van der Waals surface area contributed by atoms with Crippen LogP contribution in [0.4, 0.5) is 11.5 Å². The number of para-hydroxylation sites is 1. The maximum Gasteiger partial charge on any atom is 0.128 e. The zero-order valence-corrected chi connectivity index (χ0v) is 10.7. The molecule has 2 aromatic carbocycles. The van der Waals surface area contributed by atoms with E-state index < -0.39 is 0 Å². The fourth-order valence-corrected chi connectivity index (χ4v) is 2.00.